The van der Waals surface area contributed by atoms with E-state index in [0.29, 0.717) is 13.1 Å². The Kier molecular flexibility index (Phi) is 8.08. The SMILES string of the molecule is CCN(CC)CCNC(=O)N[C@H](CO)C(=O)O. The number of carboxylic acid groups (broad SMARTS) is 1. The van der Waals surface area contributed by atoms with Gasteiger partial charge in [0.25, 0.3) is 0 Å². The van der Waals surface area contributed by atoms with Crippen molar-refractivity contribution in [3.8, 4) is 0 Å². The highest BCUT2D eigenvalue weighted by molar-refractivity contribution is 5.82. The molecule has 7 heteroatoms. The second-order valence-corrected chi connectivity index (χ2v) is 3.50. The summed E-state index contributed by atoms with van der Waals surface area (Å²) in [6.45, 7) is 6.36. The van der Waals surface area contributed by atoms with Gasteiger partial charge in [-0.2, -0.15) is 0 Å². The zero-order valence-electron chi connectivity index (χ0n) is 10.3. The van der Waals surface area contributed by atoms with E-state index in [9.17, 15) is 9.59 Å². The smallest absolute Gasteiger partial charge is 0.328 e. The maximum absolute atomic E-state index is 11.3. The predicted molar refractivity (Wildman–Crippen MR) is 62.8 cm³/mol. The third kappa shape index (κ3) is 6.75. The summed E-state index contributed by atoms with van der Waals surface area (Å²) in [5.74, 6) is -1.26. The van der Waals surface area contributed by atoms with Crippen LogP contribution in [0.1, 0.15) is 13.8 Å². The number of carboxylic acids is 1. The molecule has 0 aliphatic rings. The predicted octanol–water partition coefficient (Wildman–Crippen LogP) is -0.927. The molecule has 0 aromatic rings. The van der Waals surface area contributed by atoms with E-state index in [-0.39, 0.29) is 0 Å². The normalized spacial score (nSPS) is 12.2. The highest BCUT2D eigenvalue weighted by Crippen LogP contribution is 1.85. The summed E-state index contributed by atoms with van der Waals surface area (Å²) in [6.07, 6.45) is 0. The number of rotatable bonds is 8. The molecule has 7 nitrogen and oxygen atoms in total. The number of urea groups is 1. The van der Waals surface area contributed by atoms with Crippen LogP contribution in [0.4, 0.5) is 4.79 Å². The van der Waals surface area contributed by atoms with Gasteiger partial charge in [-0.25, -0.2) is 9.59 Å². The van der Waals surface area contributed by atoms with Crippen LogP contribution in [-0.2, 0) is 4.79 Å². The molecular formula is C10H21N3O4. The number of amides is 2. The molecule has 0 aliphatic carbocycles. The molecule has 0 unspecified atom stereocenters. The molecule has 0 aromatic heterocycles. The Labute approximate surface area is 101 Å². The van der Waals surface area contributed by atoms with Crippen molar-refractivity contribution in [1.82, 2.24) is 15.5 Å². The van der Waals surface area contributed by atoms with Crippen LogP contribution in [0.15, 0.2) is 0 Å². The molecular weight excluding hydrogens is 226 g/mol. The third-order valence-electron chi connectivity index (χ3n) is 2.39. The van der Waals surface area contributed by atoms with Gasteiger partial charge in [0.05, 0.1) is 6.61 Å². The first kappa shape index (κ1) is 15.7. The second kappa shape index (κ2) is 8.77. The van der Waals surface area contributed by atoms with Crippen molar-refractivity contribution in [2.24, 2.45) is 0 Å². The van der Waals surface area contributed by atoms with Crippen molar-refractivity contribution >= 4 is 12.0 Å². The van der Waals surface area contributed by atoms with Crippen LogP contribution in [0.25, 0.3) is 0 Å². The fourth-order valence-electron chi connectivity index (χ4n) is 1.26. The molecule has 0 radical (unpaired) electrons. The zero-order valence-corrected chi connectivity index (χ0v) is 10.3. The first-order valence-electron chi connectivity index (χ1n) is 5.65. The number of hydrogen-bond acceptors (Lipinski definition) is 4. The summed E-state index contributed by atoms with van der Waals surface area (Å²) in [4.78, 5) is 23.9. The fraction of sp³-hybridized carbons (Fsp3) is 0.800. The lowest BCUT2D eigenvalue weighted by Gasteiger charge is -2.18. The van der Waals surface area contributed by atoms with Crippen LogP contribution < -0.4 is 10.6 Å². The lowest BCUT2D eigenvalue weighted by molar-refractivity contribution is -0.140. The summed E-state index contributed by atoms with van der Waals surface area (Å²) in [6, 6.07) is -1.85. The summed E-state index contributed by atoms with van der Waals surface area (Å²) >= 11 is 0. The van der Waals surface area contributed by atoms with Gasteiger partial charge >= 0.3 is 12.0 Å². The van der Waals surface area contributed by atoms with Gasteiger partial charge in [0.1, 0.15) is 0 Å². The highest BCUT2D eigenvalue weighted by Gasteiger charge is 2.18. The van der Waals surface area contributed by atoms with Gasteiger partial charge in [-0.05, 0) is 13.1 Å². The topological polar surface area (TPSA) is 102 Å². The molecule has 0 fully saturated rings. The van der Waals surface area contributed by atoms with Crippen LogP contribution in [0, 0.1) is 0 Å². The number of carbonyl (C=O) groups is 2. The number of hydrogen-bond donors (Lipinski definition) is 4. The van der Waals surface area contributed by atoms with Crippen molar-refractivity contribution in [2.75, 3.05) is 32.8 Å². The van der Waals surface area contributed by atoms with Gasteiger partial charge in [0, 0.05) is 13.1 Å². The van der Waals surface area contributed by atoms with E-state index in [2.05, 4.69) is 15.5 Å². The van der Waals surface area contributed by atoms with Gasteiger partial charge < -0.3 is 25.7 Å². The van der Waals surface area contributed by atoms with Gasteiger partial charge in [-0.15, -0.1) is 0 Å². The lowest BCUT2D eigenvalue weighted by Crippen LogP contribution is -2.49. The Bertz CT molecular complexity index is 244. The Balaban J connectivity index is 3.83. The van der Waals surface area contributed by atoms with E-state index < -0.39 is 24.6 Å². The van der Waals surface area contributed by atoms with E-state index in [1.807, 2.05) is 13.8 Å². The third-order valence-corrected chi connectivity index (χ3v) is 2.39. The van der Waals surface area contributed by atoms with Crippen LogP contribution in [0.2, 0.25) is 0 Å². The van der Waals surface area contributed by atoms with E-state index in [1.54, 1.807) is 0 Å². The van der Waals surface area contributed by atoms with Crippen LogP contribution in [0.5, 0.6) is 0 Å². The first-order valence-corrected chi connectivity index (χ1v) is 5.65. The van der Waals surface area contributed by atoms with E-state index in [0.717, 1.165) is 13.1 Å². The number of aliphatic hydroxyl groups excluding tert-OH is 1. The molecule has 0 heterocycles. The van der Waals surface area contributed by atoms with Crippen molar-refractivity contribution in [3.63, 3.8) is 0 Å². The van der Waals surface area contributed by atoms with Crippen LogP contribution in [-0.4, -0.2) is 65.9 Å². The number of carbonyl (C=O) groups excluding carboxylic acids is 1. The van der Waals surface area contributed by atoms with Gasteiger partial charge in [0.2, 0.25) is 0 Å². The van der Waals surface area contributed by atoms with E-state index in [4.69, 9.17) is 10.2 Å². The lowest BCUT2D eigenvalue weighted by atomic mass is 10.3. The molecule has 1 atom stereocenters. The quantitative estimate of drug-likeness (QED) is 0.444. The molecule has 0 aromatic carbocycles. The van der Waals surface area contributed by atoms with Crippen molar-refractivity contribution in [1.29, 1.82) is 0 Å². The first-order chi connectivity index (χ1) is 8.04. The Morgan fingerprint density at radius 2 is 1.88 bits per heavy atom. The molecule has 4 N–H and O–H groups in total. The minimum atomic E-state index is -1.26. The number of aliphatic carboxylic acids is 1. The van der Waals surface area contributed by atoms with Crippen molar-refractivity contribution in [3.05, 3.63) is 0 Å². The number of nitrogens with one attached hydrogen (secondary N) is 2. The fourth-order valence-corrected chi connectivity index (χ4v) is 1.26. The molecule has 0 bridgehead atoms. The molecule has 0 saturated heterocycles. The molecule has 0 saturated carbocycles. The number of nitrogens with zero attached hydrogens (tertiary/aromatic N) is 1. The largest absolute Gasteiger partial charge is 0.480 e. The molecule has 0 aliphatic heterocycles. The minimum absolute atomic E-state index is 0.436. The Hall–Kier alpha value is -1.34. The average molecular weight is 247 g/mol. The maximum atomic E-state index is 11.3. The van der Waals surface area contributed by atoms with E-state index in [1.165, 1.54) is 0 Å². The average Bonchev–Trinajstić information content (AvgIpc) is 2.31. The summed E-state index contributed by atoms with van der Waals surface area (Å²) < 4.78 is 0. The standard InChI is InChI=1S/C10H21N3O4/c1-3-13(4-2)6-5-11-10(17)12-8(7-14)9(15)16/h8,14H,3-7H2,1-2H3,(H,15,16)(H2,11,12,17)/t8-/m1/s1. The number of likely N-dealkylation sites (N-methyl/N-ethyl adjacent to an activating group) is 1. The van der Waals surface area contributed by atoms with Gasteiger partial charge in [-0.1, -0.05) is 13.8 Å². The maximum Gasteiger partial charge on any atom is 0.328 e. The van der Waals surface area contributed by atoms with Crippen molar-refractivity contribution in [2.45, 2.75) is 19.9 Å². The Morgan fingerprint density at radius 3 is 2.29 bits per heavy atom. The summed E-state index contributed by atoms with van der Waals surface area (Å²) in [7, 11) is 0. The summed E-state index contributed by atoms with van der Waals surface area (Å²) in [5.41, 5.74) is 0. The molecule has 0 spiro atoms. The Morgan fingerprint density at radius 1 is 1.29 bits per heavy atom. The molecule has 0 rings (SSSR count). The monoisotopic (exact) mass is 247 g/mol. The van der Waals surface area contributed by atoms with Crippen LogP contribution >= 0.6 is 0 Å². The van der Waals surface area contributed by atoms with Gasteiger partial charge in [-0.3, -0.25) is 0 Å². The second-order valence-electron chi connectivity index (χ2n) is 3.50. The number of aliphatic hydroxyl groups is 1. The highest BCUT2D eigenvalue weighted by atomic mass is 16.4. The molecule has 100 valence electrons. The van der Waals surface area contributed by atoms with Gasteiger partial charge in [0.15, 0.2) is 6.04 Å². The van der Waals surface area contributed by atoms with E-state index >= 15 is 0 Å². The van der Waals surface area contributed by atoms with Crippen LogP contribution in [0.3, 0.4) is 0 Å². The summed E-state index contributed by atoms with van der Waals surface area (Å²) in [5, 5.41) is 22.0. The molecule has 17 heavy (non-hydrogen) atoms. The zero-order chi connectivity index (χ0) is 13.3. The molecule has 2 amide bonds. The van der Waals surface area contributed by atoms with Crippen molar-refractivity contribution < 1.29 is 19.8 Å². The minimum Gasteiger partial charge on any atom is -0.480 e.